The van der Waals surface area contributed by atoms with E-state index in [0.717, 1.165) is 18.9 Å². The minimum atomic E-state index is -0.145. The molecule has 2 amide bonds. The highest BCUT2D eigenvalue weighted by molar-refractivity contribution is 5.79. The molecule has 0 bridgehead atoms. The summed E-state index contributed by atoms with van der Waals surface area (Å²) in [5, 5.41) is 2.75. The van der Waals surface area contributed by atoms with Gasteiger partial charge in [0.15, 0.2) is 0 Å². The topological polar surface area (TPSA) is 74.8 Å². The predicted molar refractivity (Wildman–Crippen MR) is 94.2 cm³/mol. The molecular formula is C18H26N4O3. The Morgan fingerprint density at radius 3 is 2.68 bits per heavy atom. The van der Waals surface area contributed by atoms with Gasteiger partial charge in [-0.1, -0.05) is 6.07 Å². The Hall–Kier alpha value is -2.15. The molecule has 25 heavy (non-hydrogen) atoms. The van der Waals surface area contributed by atoms with Gasteiger partial charge in [0.1, 0.15) is 12.4 Å². The number of amides is 2. The Kier molecular flexibility index (Phi) is 6.22. The van der Waals surface area contributed by atoms with Crippen LogP contribution in [0, 0.1) is 5.92 Å². The molecule has 0 radical (unpaired) electrons. The summed E-state index contributed by atoms with van der Waals surface area (Å²) in [4.78, 5) is 32.3. The number of carbonyl (C=O) groups excluding carboxylic acids is 2. The van der Waals surface area contributed by atoms with Crippen LogP contribution in [0.2, 0.25) is 0 Å². The summed E-state index contributed by atoms with van der Waals surface area (Å²) in [6, 6.07) is 5.85. The van der Waals surface area contributed by atoms with Gasteiger partial charge >= 0.3 is 0 Å². The van der Waals surface area contributed by atoms with E-state index >= 15 is 0 Å². The smallest absolute Gasteiger partial charge is 0.246 e. The Balaban J connectivity index is 1.29. The number of ether oxygens (including phenoxy) is 1. The quantitative estimate of drug-likeness (QED) is 0.749. The molecule has 1 aliphatic heterocycles. The van der Waals surface area contributed by atoms with Crippen molar-refractivity contribution in [2.45, 2.75) is 19.3 Å². The third-order valence-electron chi connectivity index (χ3n) is 4.55. The fourth-order valence-corrected chi connectivity index (χ4v) is 2.85. The summed E-state index contributed by atoms with van der Waals surface area (Å²) in [5.74, 6) is 1.54. The first kappa shape index (κ1) is 17.7. The molecule has 0 unspecified atom stereocenters. The first-order valence-corrected chi connectivity index (χ1v) is 9.00. The number of rotatable bonds is 8. The van der Waals surface area contributed by atoms with Crippen LogP contribution in [0.4, 0.5) is 5.82 Å². The second-order valence-corrected chi connectivity index (χ2v) is 6.61. The fraction of sp³-hybridized carbons (Fsp3) is 0.611. The van der Waals surface area contributed by atoms with Gasteiger partial charge in [0.25, 0.3) is 0 Å². The van der Waals surface area contributed by atoms with Crippen LogP contribution in [0.25, 0.3) is 0 Å². The zero-order valence-electron chi connectivity index (χ0n) is 14.5. The van der Waals surface area contributed by atoms with Crippen molar-refractivity contribution in [3.05, 3.63) is 24.4 Å². The van der Waals surface area contributed by atoms with Crippen molar-refractivity contribution in [1.82, 2.24) is 15.2 Å². The van der Waals surface area contributed by atoms with E-state index in [4.69, 9.17) is 4.74 Å². The molecule has 2 heterocycles. The number of aromatic nitrogens is 1. The Morgan fingerprint density at radius 1 is 1.20 bits per heavy atom. The van der Waals surface area contributed by atoms with Gasteiger partial charge in [-0.05, 0) is 30.9 Å². The van der Waals surface area contributed by atoms with E-state index in [1.807, 2.05) is 23.1 Å². The predicted octanol–water partition coefficient (Wildman–Crippen LogP) is 0.663. The highest BCUT2D eigenvalue weighted by Crippen LogP contribution is 2.28. The molecule has 136 valence electrons. The van der Waals surface area contributed by atoms with Crippen LogP contribution >= 0.6 is 0 Å². The van der Waals surface area contributed by atoms with Crippen LogP contribution in [-0.4, -0.2) is 67.6 Å². The number of hydrogen-bond acceptors (Lipinski definition) is 5. The molecule has 0 atom stereocenters. The van der Waals surface area contributed by atoms with Crippen molar-refractivity contribution < 1.29 is 14.3 Å². The van der Waals surface area contributed by atoms with E-state index in [0.29, 0.717) is 38.6 Å². The first-order valence-electron chi connectivity index (χ1n) is 9.00. The minimum absolute atomic E-state index is 0.0832. The van der Waals surface area contributed by atoms with Crippen LogP contribution in [0.5, 0.6) is 0 Å². The molecule has 1 aliphatic carbocycles. The second-order valence-electron chi connectivity index (χ2n) is 6.61. The maximum absolute atomic E-state index is 12.2. The van der Waals surface area contributed by atoms with E-state index in [9.17, 15) is 9.59 Å². The summed E-state index contributed by atoms with van der Waals surface area (Å²) in [6.45, 7) is 4.07. The standard InChI is InChI=1S/C18H26N4O3/c23-17(14-25-13-15-4-5-15)20-8-6-18(24)22-11-9-21(10-12-22)16-3-1-2-7-19-16/h1-3,7,15H,4-6,8-14H2,(H,20,23). The van der Waals surface area contributed by atoms with E-state index in [2.05, 4.69) is 15.2 Å². The lowest BCUT2D eigenvalue weighted by atomic mass is 10.2. The minimum Gasteiger partial charge on any atom is -0.371 e. The molecule has 7 nitrogen and oxygen atoms in total. The number of pyridine rings is 1. The molecule has 0 aromatic carbocycles. The molecule has 1 N–H and O–H groups in total. The molecule has 1 aromatic rings. The molecule has 1 aromatic heterocycles. The van der Waals surface area contributed by atoms with E-state index < -0.39 is 0 Å². The molecule has 2 aliphatic rings. The van der Waals surface area contributed by atoms with Gasteiger partial charge in [-0.3, -0.25) is 9.59 Å². The second kappa shape index (κ2) is 8.80. The zero-order chi connectivity index (χ0) is 17.5. The number of hydrogen-bond donors (Lipinski definition) is 1. The normalized spacial score (nSPS) is 17.4. The number of nitrogens with zero attached hydrogens (tertiary/aromatic N) is 3. The summed E-state index contributed by atoms with van der Waals surface area (Å²) in [6.07, 6.45) is 4.54. The van der Waals surface area contributed by atoms with Crippen molar-refractivity contribution in [3.8, 4) is 0 Å². The van der Waals surface area contributed by atoms with Gasteiger partial charge in [-0.25, -0.2) is 4.98 Å². The molecule has 1 saturated heterocycles. The Morgan fingerprint density at radius 2 is 2.00 bits per heavy atom. The summed E-state index contributed by atoms with van der Waals surface area (Å²) < 4.78 is 5.33. The largest absolute Gasteiger partial charge is 0.371 e. The van der Waals surface area contributed by atoms with E-state index in [1.54, 1.807) is 6.20 Å². The first-order chi connectivity index (χ1) is 12.2. The van der Waals surface area contributed by atoms with Crippen molar-refractivity contribution in [2.75, 3.05) is 50.8 Å². The molecule has 2 fully saturated rings. The average Bonchev–Trinajstić information content (AvgIpc) is 3.47. The summed E-state index contributed by atoms with van der Waals surface area (Å²) in [5.41, 5.74) is 0. The number of piperazine rings is 1. The third kappa shape index (κ3) is 5.70. The van der Waals surface area contributed by atoms with Crippen molar-refractivity contribution in [2.24, 2.45) is 5.92 Å². The monoisotopic (exact) mass is 346 g/mol. The van der Waals surface area contributed by atoms with Gasteiger partial charge in [-0.15, -0.1) is 0 Å². The number of anilines is 1. The highest BCUT2D eigenvalue weighted by Gasteiger charge is 2.22. The lowest BCUT2D eigenvalue weighted by molar-refractivity contribution is -0.131. The van der Waals surface area contributed by atoms with Crippen molar-refractivity contribution in [3.63, 3.8) is 0 Å². The molecular weight excluding hydrogens is 320 g/mol. The van der Waals surface area contributed by atoms with Gasteiger partial charge < -0.3 is 19.9 Å². The summed E-state index contributed by atoms with van der Waals surface area (Å²) >= 11 is 0. The lowest BCUT2D eigenvalue weighted by Gasteiger charge is -2.35. The van der Waals surface area contributed by atoms with Crippen LogP contribution in [-0.2, 0) is 14.3 Å². The maximum atomic E-state index is 12.2. The summed E-state index contributed by atoms with van der Waals surface area (Å²) in [7, 11) is 0. The van der Waals surface area contributed by atoms with Gasteiger partial charge in [0, 0.05) is 45.3 Å². The van der Waals surface area contributed by atoms with Crippen LogP contribution in [0.15, 0.2) is 24.4 Å². The lowest BCUT2D eigenvalue weighted by Crippen LogP contribution is -2.49. The van der Waals surface area contributed by atoms with Gasteiger partial charge in [0.05, 0.1) is 6.61 Å². The van der Waals surface area contributed by atoms with Crippen molar-refractivity contribution >= 4 is 17.6 Å². The van der Waals surface area contributed by atoms with Crippen molar-refractivity contribution in [1.29, 1.82) is 0 Å². The molecule has 7 heteroatoms. The van der Waals surface area contributed by atoms with Crippen LogP contribution < -0.4 is 10.2 Å². The van der Waals surface area contributed by atoms with E-state index in [-0.39, 0.29) is 18.4 Å². The van der Waals surface area contributed by atoms with Gasteiger partial charge in [0.2, 0.25) is 11.8 Å². The maximum Gasteiger partial charge on any atom is 0.246 e. The third-order valence-corrected chi connectivity index (χ3v) is 4.55. The molecule has 3 rings (SSSR count). The van der Waals surface area contributed by atoms with Crippen LogP contribution in [0.3, 0.4) is 0 Å². The zero-order valence-corrected chi connectivity index (χ0v) is 14.5. The number of nitrogens with one attached hydrogen (secondary N) is 1. The molecule has 1 saturated carbocycles. The fourth-order valence-electron chi connectivity index (χ4n) is 2.85. The number of carbonyl (C=O) groups is 2. The molecule has 0 spiro atoms. The average molecular weight is 346 g/mol. The van der Waals surface area contributed by atoms with E-state index in [1.165, 1.54) is 12.8 Å². The SMILES string of the molecule is O=C(COCC1CC1)NCCC(=O)N1CCN(c2ccccn2)CC1. The Bertz CT molecular complexity index is 569. The van der Waals surface area contributed by atoms with Gasteiger partial charge in [-0.2, -0.15) is 0 Å². The van der Waals surface area contributed by atoms with Crippen LogP contribution in [0.1, 0.15) is 19.3 Å². The Labute approximate surface area is 148 Å². The highest BCUT2D eigenvalue weighted by atomic mass is 16.5.